The average Bonchev–Trinajstić information content (AvgIpc) is 3.12. The summed E-state index contributed by atoms with van der Waals surface area (Å²) in [5, 5.41) is 0. The molecule has 2 rings (SSSR count). The van der Waals surface area contributed by atoms with Crippen molar-refractivity contribution in [3.8, 4) is 0 Å². The number of hydrogen-bond acceptors (Lipinski definition) is 3. The molecule has 1 fully saturated rings. The van der Waals surface area contributed by atoms with Crippen LogP contribution in [0.2, 0.25) is 0 Å². The van der Waals surface area contributed by atoms with Gasteiger partial charge in [0.25, 0.3) is 0 Å². The van der Waals surface area contributed by atoms with Crippen LogP contribution in [0.4, 0.5) is 5.69 Å². The van der Waals surface area contributed by atoms with Gasteiger partial charge in [0.1, 0.15) is 6.61 Å². The van der Waals surface area contributed by atoms with Crippen LogP contribution in [0, 0.1) is 0 Å². The highest BCUT2D eigenvalue weighted by Crippen LogP contribution is 2.29. The van der Waals surface area contributed by atoms with Crippen LogP contribution in [0.3, 0.4) is 0 Å². The number of hydrogen-bond donors (Lipinski definition) is 1. The van der Waals surface area contributed by atoms with Crippen molar-refractivity contribution in [1.82, 2.24) is 4.90 Å². The number of para-hydroxylation sites is 1. The number of ether oxygens (including phenoxy) is 1. The summed E-state index contributed by atoms with van der Waals surface area (Å²) in [5.41, 5.74) is 7.64. The molecule has 0 spiro atoms. The zero-order valence-electron chi connectivity index (χ0n) is 10.1. The predicted molar refractivity (Wildman–Crippen MR) is 66.3 cm³/mol. The van der Waals surface area contributed by atoms with Gasteiger partial charge >= 0.3 is 0 Å². The van der Waals surface area contributed by atoms with Crippen LogP contribution in [0.25, 0.3) is 0 Å². The molecule has 0 atom stereocenters. The summed E-state index contributed by atoms with van der Waals surface area (Å²) in [6.45, 7) is 0.725. The zero-order chi connectivity index (χ0) is 12.3. The maximum absolute atomic E-state index is 11.9. The van der Waals surface area contributed by atoms with Crippen molar-refractivity contribution in [2.75, 3.05) is 19.5 Å². The van der Waals surface area contributed by atoms with E-state index in [-0.39, 0.29) is 12.5 Å². The number of methoxy groups -OCH3 is 1. The minimum atomic E-state index is 0.0400. The smallest absolute Gasteiger partial charge is 0.249 e. The summed E-state index contributed by atoms with van der Waals surface area (Å²) in [4.78, 5) is 13.8. The summed E-state index contributed by atoms with van der Waals surface area (Å²) in [5.74, 6) is 0.0400. The van der Waals surface area contributed by atoms with Crippen molar-refractivity contribution in [3.05, 3.63) is 29.8 Å². The fraction of sp³-hybridized carbons (Fsp3) is 0.462. The van der Waals surface area contributed by atoms with Gasteiger partial charge in [-0.05, 0) is 24.5 Å². The second-order valence-corrected chi connectivity index (χ2v) is 4.38. The number of benzene rings is 1. The zero-order valence-corrected chi connectivity index (χ0v) is 10.1. The maximum atomic E-state index is 11.9. The van der Waals surface area contributed by atoms with Gasteiger partial charge in [-0.15, -0.1) is 0 Å². The summed E-state index contributed by atoms with van der Waals surface area (Å²) < 4.78 is 4.91. The van der Waals surface area contributed by atoms with Gasteiger partial charge in [0.2, 0.25) is 5.91 Å². The van der Waals surface area contributed by atoms with Crippen molar-refractivity contribution >= 4 is 11.6 Å². The van der Waals surface area contributed by atoms with Crippen molar-refractivity contribution in [3.63, 3.8) is 0 Å². The van der Waals surface area contributed by atoms with Gasteiger partial charge < -0.3 is 15.4 Å². The molecule has 0 aromatic heterocycles. The fourth-order valence-corrected chi connectivity index (χ4v) is 1.88. The van der Waals surface area contributed by atoms with Crippen molar-refractivity contribution < 1.29 is 9.53 Å². The predicted octanol–water partition coefficient (Wildman–Crippen LogP) is 1.41. The summed E-state index contributed by atoms with van der Waals surface area (Å²) in [6, 6.07) is 8.04. The molecule has 1 aromatic carbocycles. The van der Waals surface area contributed by atoms with Gasteiger partial charge in [-0.25, -0.2) is 0 Å². The van der Waals surface area contributed by atoms with E-state index in [2.05, 4.69) is 0 Å². The van der Waals surface area contributed by atoms with E-state index in [9.17, 15) is 4.79 Å². The van der Waals surface area contributed by atoms with Crippen LogP contribution < -0.4 is 5.73 Å². The standard InChI is InChI=1S/C13H18N2O2/c1-17-9-13(16)15(11-6-7-11)8-10-4-2-3-5-12(10)14/h2-5,11H,6-9,14H2,1H3. The van der Waals surface area contributed by atoms with E-state index < -0.39 is 0 Å². The van der Waals surface area contributed by atoms with Crippen LogP contribution in [0.15, 0.2) is 24.3 Å². The first-order chi connectivity index (χ1) is 8.22. The van der Waals surface area contributed by atoms with E-state index >= 15 is 0 Å². The van der Waals surface area contributed by atoms with Crippen LogP contribution in [0.5, 0.6) is 0 Å². The summed E-state index contributed by atoms with van der Waals surface area (Å²) in [6.07, 6.45) is 2.17. The van der Waals surface area contributed by atoms with Gasteiger partial charge in [0, 0.05) is 25.4 Å². The van der Waals surface area contributed by atoms with E-state index in [4.69, 9.17) is 10.5 Å². The second kappa shape index (κ2) is 5.19. The van der Waals surface area contributed by atoms with Crippen molar-refractivity contribution in [1.29, 1.82) is 0 Å². The highest BCUT2D eigenvalue weighted by molar-refractivity contribution is 5.78. The van der Waals surface area contributed by atoms with Gasteiger partial charge in [-0.3, -0.25) is 4.79 Å². The molecule has 2 N–H and O–H groups in total. The molecule has 1 aliphatic rings. The van der Waals surface area contributed by atoms with Gasteiger partial charge in [0.15, 0.2) is 0 Å². The summed E-state index contributed by atoms with van der Waals surface area (Å²) in [7, 11) is 1.54. The minimum absolute atomic E-state index is 0.0400. The Hall–Kier alpha value is -1.55. The minimum Gasteiger partial charge on any atom is -0.398 e. The monoisotopic (exact) mass is 234 g/mol. The highest BCUT2D eigenvalue weighted by atomic mass is 16.5. The number of anilines is 1. The molecule has 0 aliphatic heterocycles. The normalized spacial score (nSPS) is 14.6. The Balaban J connectivity index is 2.08. The molecule has 17 heavy (non-hydrogen) atoms. The molecule has 1 saturated carbocycles. The van der Waals surface area contributed by atoms with Crippen LogP contribution in [-0.2, 0) is 16.1 Å². The van der Waals surface area contributed by atoms with Crippen molar-refractivity contribution in [2.24, 2.45) is 0 Å². The lowest BCUT2D eigenvalue weighted by molar-refractivity contribution is -0.136. The summed E-state index contributed by atoms with van der Waals surface area (Å²) >= 11 is 0. The second-order valence-electron chi connectivity index (χ2n) is 4.38. The van der Waals surface area contributed by atoms with E-state index in [1.54, 1.807) is 7.11 Å². The Bertz CT molecular complexity index is 402. The number of nitrogen functional groups attached to an aromatic ring is 1. The molecule has 0 bridgehead atoms. The Labute approximate surface area is 101 Å². The van der Waals surface area contributed by atoms with Gasteiger partial charge in [-0.1, -0.05) is 18.2 Å². The molecule has 1 aromatic rings. The molecule has 1 amide bonds. The van der Waals surface area contributed by atoms with E-state index in [1.165, 1.54) is 0 Å². The Kier molecular flexibility index (Phi) is 3.64. The Morgan fingerprint density at radius 3 is 2.76 bits per heavy atom. The molecule has 0 heterocycles. The molecule has 0 unspecified atom stereocenters. The van der Waals surface area contributed by atoms with E-state index in [1.807, 2.05) is 29.2 Å². The number of nitrogens with zero attached hydrogens (tertiary/aromatic N) is 1. The average molecular weight is 234 g/mol. The third kappa shape index (κ3) is 2.97. The third-order valence-corrected chi connectivity index (χ3v) is 2.97. The number of rotatable bonds is 5. The molecule has 92 valence electrons. The van der Waals surface area contributed by atoms with Crippen LogP contribution >= 0.6 is 0 Å². The SMILES string of the molecule is COCC(=O)N(Cc1ccccc1N)C1CC1. The first-order valence-electron chi connectivity index (χ1n) is 5.84. The first-order valence-corrected chi connectivity index (χ1v) is 5.84. The Morgan fingerprint density at radius 2 is 2.18 bits per heavy atom. The first kappa shape index (κ1) is 11.9. The number of nitrogens with two attached hydrogens (primary N) is 1. The maximum Gasteiger partial charge on any atom is 0.249 e. The molecule has 1 aliphatic carbocycles. The third-order valence-electron chi connectivity index (χ3n) is 2.97. The lowest BCUT2D eigenvalue weighted by Crippen LogP contribution is -2.35. The molecular weight excluding hydrogens is 216 g/mol. The topological polar surface area (TPSA) is 55.6 Å². The molecule has 4 heteroatoms. The molecule has 0 saturated heterocycles. The molecule has 4 nitrogen and oxygen atoms in total. The lowest BCUT2D eigenvalue weighted by atomic mass is 10.1. The highest BCUT2D eigenvalue weighted by Gasteiger charge is 2.32. The van der Waals surface area contributed by atoms with Crippen LogP contribution in [0.1, 0.15) is 18.4 Å². The fourth-order valence-electron chi connectivity index (χ4n) is 1.88. The molecule has 0 radical (unpaired) electrons. The lowest BCUT2D eigenvalue weighted by Gasteiger charge is -2.22. The van der Waals surface area contributed by atoms with Crippen molar-refractivity contribution in [2.45, 2.75) is 25.4 Å². The largest absolute Gasteiger partial charge is 0.398 e. The van der Waals surface area contributed by atoms with Gasteiger partial charge in [0.05, 0.1) is 0 Å². The van der Waals surface area contributed by atoms with Crippen LogP contribution in [-0.4, -0.2) is 30.6 Å². The Morgan fingerprint density at radius 1 is 1.47 bits per heavy atom. The molecular formula is C13H18N2O2. The number of amides is 1. The van der Waals surface area contributed by atoms with E-state index in [0.29, 0.717) is 12.6 Å². The quantitative estimate of drug-likeness (QED) is 0.784. The number of carbonyl (C=O) groups excluding carboxylic acids is 1. The van der Waals surface area contributed by atoms with Gasteiger partial charge in [-0.2, -0.15) is 0 Å². The number of carbonyl (C=O) groups is 1. The van der Waals surface area contributed by atoms with E-state index in [0.717, 1.165) is 24.1 Å².